The van der Waals surface area contributed by atoms with Gasteiger partial charge in [0.2, 0.25) is 5.91 Å². The summed E-state index contributed by atoms with van der Waals surface area (Å²) in [6.45, 7) is 7.20. The van der Waals surface area contributed by atoms with Gasteiger partial charge in [0.15, 0.2) is 5.16 Å². The second-order valence-electron chi connectivity index (χ2n) is 5.78. The summed E-state index contributed by atoms with van der Waals surface area (Å²) in [6, 6.07) is 0.285. The van der Waals surface area contributed by atoms with Crippen LogP contribution in [0.4, 0.5) is 0 Å². The van der Waals surface area contributed by atoms with Crippen molar-refractivity contribution in [3.05, 3.63) is 6.33 Å². The van der Waals surface area contributed by atoms with Crippen LogP contribution in [0.2, 0.25) is 0 Å². The minimum absolute atomic E-state index is 0.101. The first-order valence-corrected chi connectivity index (χ1v) is 7.90. The zero-order valence-corrected chi connectivity index (χ0v) is 13.1. The predicted octanol–water partition coefficient (Wildman–Crippen LogP) is 1.32. The van der Waals surface area contributed by atoms with Crippen molar-refractivity contribution in [2.24, 2.45) is 0 Å². The zero-order valence-electron chi connectivity index (χ0n) is 12.2. The second kappa shape index (κ2) is 6.13. The Morgan fingerprint density at radius 1 is 1.50 bits per heavy atom. The number of amides is 1. The molecule has 0 spiro atoms. The number of piperidine rings is 1. The van der Waals surface area contributed by atoms with Crippen molar-refractivity contribution < 1.29 is 9.90 Å². The van der Waals surface area contributed by atoms with E-state index in [9.17, 15) is 9.90 Å². The van der Waals surface area contributed by atoms with Crippen molar-refractivity contribution in [2.45, 2.75) is 50.4 Å². The Kier molecular flexibility index (Phi) is 4.70. The summed E-state index contributed by atoms with van der Waals surface area (Å²) < 4.78 is 1.96. The molecular formula is C13H22N4O2S. The summed E-state index contributed by atoms with van der Waals surface area (Å²) in [7, 11) is 0. The lowest BCUT2D eigenvalue weighted by molar-refractivity contribution is -0.132. The summed E-state index contributed by atoms with van der Waals surface area (Å²) in [4.78, 5) is 14.0. The van der Waals surface area contributed by atoms with E-state index in [1.165, 1.54) is 11.8 Å². The molecule has 112 valence electrons. The van der Waals surface area contributed by atoms with E-state index in [1.54, 1.807) is 6.33 Å². The number of thioether (sulfide) groups is 1. The lowest BCUT2D eigenvalue weighted by Crippen LogP contribution is -2.45. The first kappa shape index (κ1) is 15.3. The van der Waals surface area contributed by atoms with Crippen LogP contribution in [-0.2, 0) is 4.79 Å². The summed E-state index contributed by atoms with van der Waals surface area (Å²) in [5, 5.41) is 18.6. The van der Waals surface area contributed by atoms with Crippen molar-refractivity contribution in [1.29, 1.82) is 0 Å². The number of aliphatic hydroxyl groups is 1. The zero-order chi connectivity index (χ0) is 14.8. The highest BCUT2D eigenvalue weighted by molar-refractivity contribution is 7.99. The van der Waals surface area contributed by atoms with E-state index >= 15 is 0 Å². The average molecular weight is 298 g/mol. The highest BCUT2D eigenvalue weighted by atomic mass is 32.2. The van der Waals surface area contributed by atoms with Crippen LogP contribution >= 0.6 is 11.8 Å². The molecular weight excluding hydrogens is 276 g/mol. The molecule has 6 nitrogen and oxygen atoms in total. The maximum Gasteiger partial charge on any atom is 0.233 e. The van der Waals surface area contributed by atoms with Gasteiger partial charge in [-0.25, -0.2) is 0 Å². The molecule has 1 N–H and O–H groups in total. The topological polar surface area (TPSA) is 71.2 Å². The quantitative estimate of drug-likeness (QED) is 0.849. The van der Waals surface area contributed by atoms with Crippen LogP contribution in [0, 0.1) is 0 Å². The Morgan fingerprint density at radius 3 is 2.75 bits per heavy atom. The second-order valence-corrected chi connectivity index (χ2v) is 6.72. The molecule has 1 amide bonds. The Morgan fingerprint density at radius 2 is 2.15 bits per heavy atom. The third kappa shape index (κ3) is 3.73. The van der Waals surface area contributed by atoms with Gasteiger partial charge >= 0.3 is 0 Å². The molecule has 1 saturated heterocycles. The van der Waals surface area contributed by atoms with Gasteiger partial charge in [-0.3, -0.25) is 4.79 Å². The molecule has 0 atom stereocenters. The largest absolute Gasteiger partial charge is 0.390 e. The van der Waals surface area contributed by atoms with E-state index in [0.29, 0.717) is 31.7 Å². The van der Waals surface area contributed by atoms with Crippen LogP contribution in [0.3, 0.4) is 0 Å². The molecule has 7 heteroatoms. The Labute approximate surface area is 123 Å². The molecule has 1 aliphatic heterocycles. The van der Waals surface area contributed by atoms with Crippen LogP contribution in [0.5, 0.6) is 0 Å². The lowest BCUT2D eigenvalue weighted by Gasteiger charge is -2.35. The minimum Gasteiger partial charge on any atom is -0.390 e. The van der Waals surface area contributed by atoms with Gasteiger partial charge in [0.25, 0.3) is 0 Å². The van der Waals surface area contributed by atoms with Gasteiger partial charge in [-0.2, -0.15) is 0 Å². The normalized spacial score (nSPS) is 18.6. The van der Waals surface area contributed by atoms with E-state index in [0.717, 1.165) is 5.16 Å². The van der Waals surface area contributed by atoms with E-state index < -0.39 is 5.60 Å². The van der Waals surface area contributed by atoms with Gasteiger partial charge in [0.05, 0.1) is 11.4 Å². The molecule has 0 saturated carbocycles. The number of aromatic nitrogens is 3. The first-order chi connectivity index (χ1) is 9.39. The number of hydrogen-bond acceptors (Lipinski definition) is 5. The highest BCUT2D eigenvalue weighted by Gasteiger charge is 2.29. The average Bonchev–Trinajstić information content (AvgIpc) is 2.84. The van der Waals surface area contributed by atoms with E-state index in [1.807, 2.05) is 16.4 Å². The van der Waals surface area contributed by atoms with Crippen molar-refractivity contribution >= 4 is 17.7 Å². The van der Waals surface area contributed by atoms with Crippen LogP contribution in [0.1, 0.15) is 39.7 Å². The summed E-state index contributed by atoms with van der Waals surface area (Å²) in [5.74, 6) is 0.469. The van der Waals surface area contributed by atoms with E-state index in [-0.39, 0.29) is 11.9 Å². The summed E-state index contributed by atoms with van der Waals surface area (Å²) >= 11 is 1.42. The van der Waals surface area contributed by atoms with Gasteiger partial charge in [0.1, 0.15) is 6.33 Å². The molecule has 1 aromatic heterocycles. The van der Waals surface area contributed by atoms with E-state index in [4.69, 9.17) is 0 Å². The van der Waals surface area contributed by atoms with Gasteiger partial charge in [-0.05, 0) is 33.6 Å². The Hall–Kier alpha value is -1.08. The van der Waals surface area contributed by atoms with Gasteiger partial charge in [-0.1, -0.05) is 11.8 Å². The summed E-state index contributed by atoms with van der Waals surface area (Å²) in [6.07, 6.45) is 2.98. The van der Waals surface area contributed by atoms with Crippen LogP contribution in [0.15, 0.2) is 11.5 Å². The molecule has 2 rings (SSSR count). The molecule has 0 unspecified atom stereocenters. The Bertz CT molecular complexity index is 463. The fourth-order valence-corrected chi connectivity index (χ4v) is 3.09. The lowest BCUT2D eigenvalue weighted by atomic mass is 9.94. The van der Waals surface area contributed by atoms with Crippen LogP contribution < -0.4 is 0 Å². The monoisotopic (exact) mass is 298 g/mol. The third-order valence-corrected chi connectivity index (χ3v) is 4.56. The third-order valence-electron chi connectivity index (χ3n) is 3.61. The fourth-order valence-electron chi connectivity index (χ4n) is 2.14. The van der Waals surface area contributed by atoms with Gasteiger partial charge < -0.3 is 14.6 Å². The summed E-state index contributed by atoms with van der Waals surface area (Å²) in [5.41, 5.74) is -0.623. The maximum atomic E-state index is 12.2. The van der Waals surface area contributed by atoms with Crippen molar-refractivity contribution in [3.8, 4) is 0 Å². The molecule has 20 heavy (non-hydrogen) atoms. The van der Waals surface area contributed by atoms with Crippen molar-refractivity contribution in [2.75, 3.05) is 18.8 Å². The minimum atomic E-state index is -0.623. The number of nitrogens with zero attached hydrogens (tertiary/aromatic N) is 4. The number of likely N-dealkylation sites (tertiary alicyclic amines) is 1. The van der Waals surface area contributed by atoms with Gasteiger partial charge in [0, 0.05) is 19.1 Å². The molecule has 1 aliphatic rings. The van der Waals surface area contributed by atoms with Crippen LogP contribution in [-0.4, -0.2) is 55.1 Å². The van der Waals surface area contributed by atoms with Gasteiger partial charge in [-0.15, -0.1) is 10.2 Å². The number of rotatable bonds is 4. The van der Waals surface area contributed by atoms with Crippen LogP contribution in [0.25, 0.3) is 0 Å². The standard InChI is InChI=1S/C13H22N4O2S/c1-10(2)17-9-14-15-12(17)20-8-11(18)16-6-4-13(3,19)5-7-16/h9-10,19H,4-8H2,1-3H3. The molecule has 0 radical (unpaired) electrons. The first-order valence-electron chi connectivity index (χ1n) is 6.91. The number of carbonyl (C=O) groups is 1. The molecule has 1 fully saturated rings. The Balaban J connectivity index is 1.85. The van der Waals surface area contributed by atoms with Crippen molar-refractivity contribution in [3.63, 3.8) is 0 Å². The smallest absolute Gasteiger partial charge is 0.233 e. The highest BCUT2D eigenvalue weighted by Crippen LogP contribution is 2.23. The molecule has 2 heterocycles. The fraction of sp³-hybridized carbons (Fsp3) is 0.769. The maximum absolute atomic E-state index is 12.2. The molecule has 0 aliphatic carbocycles. The van der Waals surface area contributed by atoms with Crippen molar-refractivity contribution in [1.82, 2.24) is 19.7 Å². The SMILES string of the molecule is CC(C)n1cnnc1SCC(=O)N1CCC(C)(O)CC1. The number of carbonyl (C=O) groups excluding carboxylic acids is 1. The number of hydrogen-bond donors (Lipinski definition) is 1. The predicted molar refractivity (Wildman–Crippen MR) is 77.6 cm³/mol. The van der Waals surface area contributed by atoms with E-state index in [2.05, 4.69) is 24.0 Å². The molecule has 0 bridgehead atoms. The molecule has 1 aromatic rings. The molecule has 0 aromatic carbocycles.